The summed E-state index contributed by atoms with van der Waals surface area (Å²) in [5.74, 6) is -0.941. The molecule has 2 N–H and O–H groups in total. The van der Waals surface area contributed by atoms with Crippen LogP contribution in [0.5, 0.6) is 23.0 Å². The third kappa shape index (κ3) is 3.24. The van der Waals surface area contributed by atoms with Gasteiger partial charge in [-0.3, -0.25) is 4.79 Å². The molecule has 0 aliphatic carbocycles. The van der Waals surface area contributed by atoms with Gasteiger partial charge in [-0.15, -0.1) is 0 Å². The average molecular weight is 330 g/mol. The standard InChI is InChI=1S/C17H14O7/c18-10-5-6-11(12(19)7-10)13(20)8-23-17(21)16-9-22-14-3-1-2-4-15(14)24-16/h1-7,16,18-19H,8-9H2. The lowest BCUT2D eigenvalue weighted by Crippen LogP contribution is -2.38. The van der Waals surface area contributed by atoms with Crippen LogP contribution >= 0.6 is 0 Å². The van der Waals surface area contributed by atoms with Gasteiger partial charge >= 0.3 is 5.97 Å². The van der Waals surface area contributed by atoms with E-state index in [2.05, 4.69) is 0 Å². The van der Waals surface area contributed by atoms with Crippen LogP contribution < -0.4 is 9.47 Å². The molecule has 0 spiro atoms. The van der Waals surface area contributed by atoms with E-state index >= 15 is 0 Å². The lowest BCUT2D eigenvalue weighted by molar-refractivity contribution is -0.153. The van der Waals surface area contributed by atoms with E-state index < -0.39 is 24.5 Å². The van der Waals surface area contributed by atoms with Gasteiger partial charge in [0.1, 0.15) is 18.1 Å². The van der Waals surface area contributed by atoms with Gasteiger partial charge in [0.05, 0.1) is 5.56 Å². The number of esters is 1. The quantitative estimate of drug-likeness (QED) is 0.649. The second-order valence-corrected chi connectivity index (χ2v) is 5.10. The van der Waals surface area contributed by atoms with Gasteiger partial charge in [-0.25, -0.2) is 4.79 Å². The van der Waals surface area contributed by atoms with Crippen molar-refractivity contribution in [3.63, 3.8) is 0 Å². The Balaban J connectivity index is 1.59. The number of hydrogen-bond donors (Lipinski definition) is 2. The smallest absolute Gasteiger partial charge is 0.351 e. The van der Waals surface area contributed by atoms with E-state index in [0.29, 0.717) is 11.5 Å². The number of carbonyl (C=O) groups excluding carboxylic acids is 2. The zero-order valence-electron chi connectivity index (χ0n) is 12.5. The van der Waals surface area contributed by atoms with E-state index in [1.165, 1.54) is 12.1 Å². The Morgan fingerprint density at radius 1 is 1.12 bits per heavy atom. The van der Waals surface area contributed by atoms with Gasteiger partial charge in [-0.2, -0.15) is 0 Å². The molecule has 0 aromatic heterocycles. The van der Waals surface area contributed by atoms with Gasteiger partial charge in [0.25, 0.3) is 0 Å². The molecular weight excluding hydrogens is 316 g/mol. The van der Waals surface area contributed by atoms with Crippen LogP contribution in [0.3, 0.4) is 0 Å². The van der Waals surface area contributed by atoms with E-state index in [1.54, 1.807) is 24.3 Å². The normalized spacial score (nSPS) is 15.6. The maximum absolute atomic E-state index is 12.0. The van der Waals surface area contributed by atoms with Crippen molar-refractivity contribution in [1.82, 2.24) is 0 Å². The minimum absolute atomic E-state index is 0.0193. The summed E-state index contributed by atoms with van der Waals surface area (Å²) in [5.41, 5.74) is -0.0493. The molecule has 24 heavy (non-hydrogen) atoms. The Labute approximate surface area is 137 Å². The van der Waals surface area contributed by atoms with Crippen LogP contribution in [0.1, 0.15) is 10.4 Å². The highest BCUT2D eigenvalue weighted by Crippen LogP contribution is 2.31. The van der Waals surface area contributed by atoms with Crippen molar-refractivity contribution in [2.45, 2.75) is 6.10 Å². The first-order valence-corrected chi connectivity index (χ1v) is 7.15. The molecule has 7 heteroatoms. The molecule has 3 rings (SSSR count). The molecule has 0 bridgehead atoms. The number of ether oxygens (including phenoxy) is 3. The molecule has 7 nitrogen and oxygen atoms in total. The SMILES string of the molecule is O=C(COC(=O)C1COc2ccccc2O1)c1ccc(O)cc1O. The zero-order valence-corrected chi connectivity index (χ0v) is 12.5. The molecule has 0 fully saturated rings. The molecule has 1 unspecified atom stereocenters. The third-order valence-corrected chi connectivity index (χ3v) is 3.40. The van der Waals surface area contributed by atoms with E-state index in [1.807, 2.05) is 0 Å². The summed E-state index contributed by atoms with van der Waals surface area (Å²) in [6.45, 7) is -0.576. The number of fused-ring (bicyclic) bond motifs is 1. The van der Waals surface area contributed by atoms with Gasteiger partial charge in [0.2, 0.25) is 11.9 Å². The van der Waals surface area contributed by atoms with Gasteiger partial charge in [0, 0.05) is 6.07 Å². The fourth-order valence-electron chi connectivity index (χ4n) is 2.20. The molecule has 1 atom stereocenters. The number of benzene rings is 2. The van der Waals surface area contributed by atoms with Crippen LogP contribution in [-0.4, -0.2) is 41.3 Å². The summed E-state index contributed by atoms with van der Waals surface area (Å²) in [5, 5.41) is 18.8. The minimum Gasteiger partial charge on any atom is -0.508 e. The Kier molecular flexibility index (Phi) is 4.24. The van der Waals surface area contributed by atoms with Crippen molar-refractivity contribution in [2.75, 3.05) is 13.2 Å². The average Bonchev–Trinajstić information content (AvgIpc) is 2.59. The number of phenolic OH excluding ortho intramolecular Hbond substituents is 2. The molecule has 124 valence electrons. The highest BCUT2D eigenvalue weighted by Gasteiger charge is 2.29. The fraction of sp³-hybridized carbons (Fsp3) is 0.176. The molecule has 2 aromatic rings. The first kappa shape index (κ1) is 15.7. The Bertz CT molecular complexity index is 784. The Morgan fingerprint density at radius 2 is 1.88 bits per heavy atom. The van der Waals surface area contributed by atoms with Crippen molar-refractivity contribution in [3.05, 3.63) is 48.0 Å². The van der Waals surface area contributed by atoms with Crippen molar-refractivity contribution < 1.29 is 34.0 Å². The highest BCUT2D eigenvalue weighted by atomic mass is 16.6. The summed E-state index contributed by atoms with van der Waals surface area (Å²) in [6, 6.07) is 10.4. The number of aromatic hydroxyl groups is 2. The van der Waals surface area contributed by atoms with Crippen LogP contribution in [0.4, 0.5) is 0 Å². The molecule has 0 saturated carbocycles. The summed E-state index contributed by atoms with van der Waals surface area (Å²) in [7, 11) is 0. The largest absolute Gasteiger partial charge is 0.508 e. The predicted octanol–water partition coefficient (Wildman–Crippen LogP) is 1.66. The summed E-state index contributed by atoms with van der Waals surface area (Å²) in [6.07, 6.45) is -0.971. The molecule has 1 aliphatic heterocycles. The number of para-hydroxylation sites is 2. The van der Waals surface area contributed by atoms with E-state index in [-0.39, 0.29) is 23.7 Å². The first-order chi connectivity index (χ1) is 11.5. The van der Waals surface area contributed by atoms with E-state index in [4.69, 9.17) is 14.2 Å². The van der Waals surface area contributed by atoms with Gasteiger partial charge in [-0.05, 0) is 24.3 Å². The highest BCUT2D eigenvalue weighted by molar-refractivity contribution is 6.00. The van der Waals surface area contributed by atoms with E-state index in [0.717, 1.165) is 6.07 Å². The number of carbonyl (C=O) groups is 2. The maximum atomic E-state index is 12.0. The number of hydrogen-bond acceptors (Lipinski definition) is 7. The van der Waals surface area contributed by atoms with Crippen molar-refractivity contribution in [3.8, 4) is 23.0 Å². The molecule has 1 aliphatic rings. The summed E-state index contributed by atoms with van der Waals surface area (Å²) < 4.78 is 15.8. The zero-order chi connectivity index (χ0) is 17.1. The van der Waals surface area contributed by atoms with Gasteiger partial charge in [-0.1, -0.05) is 12.1 Å². The van der Waals surface area contributed by atoms with Crippen LogP contribution in [0.25, 0.3) is 0 Å². The van der Waals surface area contributed by atoms with Crippen molar-refractivity contribution in [1.29, 1.82) is 0 Å². The number of Topliss-reactive ketones (excluding diaryl/α,β-unsaturated/α-hetero) is 1. The topological polar surface area (TPSA) is 102 Å². The van der Waals surface area contributed by atoms with Crippen LogP contribution in [-0.2, 0) is 9.53 Å². The molecule has 0 saturated heterocycles. The van der Waals surface area contributed by atoms with E-state index in [9.17, 15) is 19.8 Å². The van der Waals surface area contributed by atoms with Crippen LogP contribution in [0.2, 0.25) is 0 Å². The summed E-state index contributed by atoms with van der Waals surface area (Å²) in [4.78, 5) is 24.0. The number of ketones is 1. The Morgan fingerprint density at radius 3 is 2.62 bits per heavy atom. The monoisotopic (exact) mass is 330 g/mol. The molecule has 2 aromatic carbocycles. The van der Waals surface area contributed by atoms with Crippen LogP contribution in [0.15, 0.2) is 42.5 Å². The maximum Gasteiger partial charge on any atom is 0.351 e. The van der Waals surface area contributed by atoms with Gasteiger partial charge in [0.15, 0.2) is 18.1 Å². The molecular formula is C17H14O7. The third-order valence-electron chi connectivity index (χ3n) is 3.40. The predicted molar refractivity (Wildman–Crippen MR) is 81.4 cm³/mol. The minimum atomic E-state index is -0.971. The van der Waals surface area contributed by atoms with Crippen molar-refractivity contribution in [2.24, 2.45) is 0 Å². The first-order valence-electron chi connectivity index (χ1n) is 7.15. The lowest BCUT2D eigenvalue weighted by atomic mass is 10.1. The Hall–Kier alpha value is -3.22. The summed E-state index contributed by atoms with van der Waals surface area (Å²) >= 11 is 0. The number of phenols is 2. The molecule has 0 radical (unpaired) electrons. The van der Waals surface area contributed by atoms with Crippen LogP contribution in [0, 0.1) is 0 Å². The van der Waals surface area contributed by atoms with Crippen molar-refractivity contribution >= 4 is 11.8 Å². The molecule has 0 amide bonds. The lowest BCUT2D eigenvalue weighted by Gasteiger charge is -2.24. The number of rotatable bonds is 4. The second-order valence-electron chi connectivity index (χ2n) is 5.10. The molecule has 1 heterocycles. The van der Waals surface area contributed by atoms with Gasteiger partial charge < -0.3 is 24.4 Å². The fourth-order valence-corrected chi connectivity index (χ4v) is 2.20. The second kappa shape index (κ2) is 6.49.